The molecular formula is C24H24BrN3O6S. The molecule has 0 unspecified atom stereocenters. The number of ether oxygens (including phenoxy) is 3. The summed E-state index contributed by atoms with van der Waals surface area (Å²) in [7, 11) is 0.289. The third kappa shape index (κ3) is 6.31. The first-order valence-corrected chi connectivity index (χ1v) is 12.5. The first-order chi connectivity index (χ1) is 16.8. The molecule has 0 radical (unpaired) electrons. The molecule has 1 N–H and O–H groups in total. The molecular weight excluding hydrogens is 538 g/mol. The summed E-state index contributed by atoms with van der Waals surface area (Å²) in [6, 6.07) is 17.8. The topological polar surface area (TPSA) is 107 Å². The molecule has 0 bridgehead atoms. The highest BCUT2D eigenvalue weighted by atomic mass is 79.9. The molecule has 0 saturated carbocycles. The Balaban J connectivity index is 1.92. The summed E-state index contributed by atoms with van der Waals surface area (Å²) >= 11 is 3.37. The fourth-order valence-corrected chi connectivity index (χ4v) is 4.99. The van der Waals surface area contributed by atoms with Gasteiger partial charge in [0, 0.05) is 16.1 Å². The van der Waals surface area contributed by atoms with Crippen molar-refractivity contribution in [2.45, 2.75) is 4.90 Å². The third-order valence-corrected chi connectivity index (χ3v) is 7.13. The molecule has 1 amide bonds. The maximum Gasteiger partial charge on any atom is 0.264 e. The molecule has 0 aliphatic rings. The molecule has 3 rings (SSSR count). The van der Waals surface area contributed by atoms with E-state index in [-0.39, 0.29) is 16.3 Å². The van der Waals surface area contributed by atoms with E-state index in [1.54, 1.807) is 42.5 Å². The molecule has 0 aliphatic carbocycles. The number of halogens is 1. The highest BCUT2D eigenvalue weighted by molar-refractivity contribution is 9.10. The zero-order valence-corrected chi connectivity index (χ0v) is 21.7. The fourth-order valence-electron chi connectivity index (χ4n) is 3.16. The van der Waals surface area contributed by atoms with Crippen LogP contribution < -0.4 is 23.9 Å². The summed E-state index contributed by atoms with van der Waals surface area (Å²) in [5, 5.41) is 3.96. The van der Waals surface area contributed by atoms with Crippen molar-refractivity contribution in [1.82, 2.24) is 5.43 Å². The highest BCUT2D eigenvalue weighted by Crippen LogP contribution is 2.35. The monoisotopic (exact) mass is 561 g/mol. The number of benzene rings is 3. The Hall–Kier alpha value is -3.57. The van der Waals surface area contributed by atoms with E-state index in [1.165, 1.54) is 45.7 Å². The summed E-state index contributed by atoms with van der Waals surface area (Å²) in [5.74, 6) is 0.591. The Morgan fingerprint density at radius 1 is 0.971 bits per heavy atom. The number of sulfonamides is 1. The SMILES string of the molecule is COc1ccc(N(CC(=O)N/N=C\c2cc(Br)ccc2OC)S(=O)(=O)c2ccccc2)c(OC)c1. The number of hydrogen-bond donors (Lipinski definition) is 1. The Bertz CT molecular complexity index is 1320. The van der Waals surface area contributed by atoms with Crippen LogP contribution >= 0.6 is 15.9 Å². The van der Waals surface area contributed by atoms with Crippen LogP contribution in [0.2, 0.25) is 0 Å². The molecule has 0 fully saturated rings. The molecule has 0 spiro atoms. The number of rotatable bonds is 10. The number of carbonyl (C=O) groups excluding carboxylic acids is 1. The second kappa shape index (κ2) is 11.7. The van der Waals surface area contributed by atoms with Gasteiger partial charge in [-0.2, -0.15) is 5.10 Å². The Labute approximate surface area is 212 Å². The lowest BCUT2D eigenvalue weighted by atomic mass is 10.2. The van der Waals surface area contributed by atoms with Crippen molar-refractivity contribution < 1.29 is 27.4 Å². The van der Waals surface area contributed by atoms with Gasteiger partial charge in [-0.05, 0) is 42.5 Å². The van der Waals surface area contributed by atoms with Gasteiger partial charge in [0.1, 0.15) is 23.8 Å². The van der Waals surface area contributed by atoms with Crippen molar-refractivity contribution in [3.8, 4) is 17.2 Å². The molecule has 3 aromatic carbocycles. The smallest absolute Gasteiger partial charge is 0.264 e. The van der Waals surface area contributed by atoms with Crippen LogP contribution in [0.25, 0.3) is 0 Å². The molecule has 35 heavy (non-hydrogen) atoms. The van der Waals surface area contributed by atoms with Crippen molar-refractivity contribution >= 4 is 43.8 Å². The van der Waals surface area contributed by atoms with Gasteiger partial charge >= 0.3 is 0 Å². The van der Waals surface area contributed by atoms with E-state index in [9.17, 15) is 13.2 Å². The Kier molecular flexibility index (Phi) is 8.72. The first kappa shape index (κ1) is 26.0. The van der Waals surface area contributed by atoms with Gasteiger partial charge in [-0.25, -0.2) is 13.8 Å². The number of hydrogen-bond acceptors (Lipinski definition) is 7. The van der Waals surface area contributed by atoms with Crippen LogP contribution in [-0.2, 0) is 14.8 Å². The number of hydrazone groups is 1. The Morgan fingerprint density at radius 3 is 2.34 bits per heavy atom. The fraction of sp³-hybridized carbons (Fsp3) is 0.167. The van der Waals surface area contributed by atoms with Crippen molar-refractivity contribution in [3.63, 3.8) is 0 Å². The van der Waals surface area contributed by atoms with Gasteiger partial charge in [0.05, 0.1) is 38.1 Å². The van der Waals surface area contributed by atoms with Crippen LogP contribution in [0.15, 0.2) is 81.2 Å². The van der Waals surface area contributed by atoms with E-state index in [0.29, 0.717) is 17.1 Å². The van der Waals surface area contributed by atoms with Crippen molar-refractivity contribution in [2.24, 2.45) is 5.10 Å². The normalized spacial score (nSPS) is 11.2. The van der Waals surface area contributed by atoms with Gasteiger partial charge in [0.25, 0.3) is 15.9 Å². The molecule has 0 heterocycles. The molecule has 184 valence electrons. The molecule has 11 heteroatoms. The number of amides is 1. The zero-order chi connectivity index (χ0) is 25.4. The van der Waals surface area contributed by atoms with Crippen LogP contribution in [0.3, 0.4) is 0 Å². The summed E-state index contributed by atoms with van der Waals surface area (Å²) in [6.45, 7) is -0.549. The maximum absolute atomic E-state index is 13.5. The number of anilines is 1. The van der Waals surface area contributed by atoms with Crippen LogP contribution in [0.5, 0.6) is 17.2 Å². The van der Waals surface area contributed by atoms with Crippen LogP contribution in [-0.4, -0.2) is 48.4 Å². The van der Waals surface area contributed by atoms with Gasteiger partial charge in [-0.3, -0.25) is 9.10 Å². The average Bonchev–Trinajstić information content (AvgIpc) is 2.87. The van der Waals surface area contributed by atoms with Gasteiger partial charge in [0.15, 0.2) is 0 Å². The minimum atomic E-state index is -4.12. The summed E-state index contributed by atoms with van der Waals surface area (Å²) in [5.41, 5.74) is 3.16. The number of methoxy groups -OCH3 is 3. The lowest BCUT2D eigenvalue weighted by molar-refractivity contribution is -0.119. The van der Waals surface area contributed by atoms with Gasteiger partial charge in [0.2, 0.25) is 0 Å². The lowest BCUT2D eigenvalue weighted by Gasteiger charge is -2.25. The minimum absolute atomic E-state index is 0.0213. The van der Waals surface area contributed by atoms with E-state index in [4.69, 9.17) is 14.2 Å². The van der Waals surface area contributed by atoms with E-state index in [1.807, 2.05) is 6.07 Å². The number of nitrogens with one attached hydrogen (secondary N) is 1. The zero-order valence-electron chi connectivity index (χ0n) is 19.3. The largest absolute Gasteiger partial charge is 0.497 e. The van der Waals surface area contributed by atoms with Crippen molar-refractivity contribution in [3.05, 3.63) is 76.8 Å². The van der Waals surface area contributed by atoms with E-state index < -0.39 is 22.5 Å². The predicted octanol–water partition coefficient (Wildman–Crippen LogP) is 3.82. The van der Waals surface area contributed by atoms with E-state index in [0.717, 1.165) is 8.78 Å². The van der Waals surface area contributed by atoms with E-state index in [2.05, 4.69) is 26.5 Å². The quantitative estimate of drug-likeness (QED) is 0.298. The van der Waals surface area contributed by atoms with Gasteiger partial charge < -0.3 is 14.2 Å². The van der Waals surface area contributed by atoms with Crippen LogP contribution in [0.4, 0.5) is 5.69 Å². The molecule has 0 aliphatic heterocycles. The highest BCUT2D eigenvalue weighted by Gasteiger charge is 2.29. The Morgan fingerprint density at radius 2 is 1.69 bits per heavy atom. The first-order valence-electron chi connectivity index (χ1n) is 10.3. The van der Waals surface area contributed by atoms with Crippen molar-refractivity contribution in [1.29, 1.82) is 0 Å². The summed E-state index contributed by atoms with van der Waals surface area (Å²) < 4.78 is 44.7. The maximum atomic E-state index is 13.5. The predicted molar refractivity (Wildman–Crippen MR) is 137 cm³/mol. The lowest BCUT2D eigenvalue weighted by Crippen LogP contribution is -2.39. The molecule has 9 nitrogen and oxygen atoms in total. The standard InChI is InChI=1S/C24H24BrN3O6S/c1-32-19-10-11-21(23(14-19)34-3)28(35(30,31)20-7-5-4-6-8-20)16-24(29)27-26-15-17-13-18(25)9-12-22(17)33-2/h4-15H,16H2,1-3H3,(H,27,29)/b26-15-. The number of nitrogens with zero attached hydrogens (tertiary/aromatic N) is 2. The minimum Gasteiger partial charge on any atom is -0.497 e. The van der Waals surface area contributed by atoms with E-state index >= 15 is 0 Å². The average molecular weight is 562 g/mol. The molecule has 0 atom stereocenters. The molecule has 0 aromatic heterocycles. The summed E-state index contributed by atoms with van der Waals surface area (Å²) in [6.07, 6.45) is 1.41. The molecule has 0 saturated heterocycles. The second-order valence-electron chi connectivity index (χ2n) is 7.04. The van der Waals surface area contributed by atoms with Crippen molar-refractivity contribution in [2.75, 3.05) is 32.2 Å². The van der Waals surface area contributed by atoms with Gasteiger partial charge in [-0.1, -0.05) is 34.1 Å². The van der Waals surface area contributed by atoms with Gasteiger partial charge in [-0.15, -0.1) is 0 Å². The second-order valence-corrected chi connectivity index (χ2v) is 9.82. The molecule has 3 aromatic rings. The summed E-state index contributed by atoms with van der Waals surface area (Å²) in [4.78, 5) is 12.8. The third-order valence-electron chi connectivity index (χ3n) is 4.86. The van der Waals surface area contributed by atoms with Crippen LogP contribution in [0, 0.1) is 0 Å². The number of carbonyl (C=O) groups is 1. The van der Waals surface area contributed by atoms with Crippen LogP contribution in [0.1, 0.15) is 5.56 Å².